The number of nitrogens with one attached hydrogen (secondary N) is 2. The summed E-state index contributed by atoms with van der Waals surface area (Å²) in [5.74, 6) is 0.966. The van der Waals surface area contributed by atoms with Crippen LogP contribution in [0.5, 0.6) is 5.75 Å². The van der Waals surface area contributed by atoms with Gasteiger partial charge in [-0.15, -0.1) is 0 Å². The third kappa shape index (κ3) is 5.51. The lowest BCUT2D eigenvalue weighted by Gasteiger charge is -2.23. The maximum atomic E-state index is 11.8. The van der Waals surface area contributed by atoms with E-state index in [9.17, 15) is 4.79 Å². The highest BCUT2D eigenvalue weighted by Gasteiger charge is 2.14. The SMILES string of the molecule is O=C(CCCOc1cccc(Br)c1)NC1CCNCC1. The summed E-state index contributed by atoms with van der Waals surface area (Å²) in [6.07, 6.45) is 3.32. The van der Waals surface area contributed by atoms with Crippen LogP contribution >= 0.6 is 15.9 Å². The van der Waals surface area contributed by atoms with Gasteiger partial charge in [-0.3, -0.25) is 4.79 Å². The molecule has 1 aromatic rings. The number of benzene rings is 1. The minimum absolute atomic E-state index is 0.134. The second-order valence-corrected chi connectivity index (χ2v) is 5.92. The van der Waals surface area contributed by atoms with E-state index >= 15 is 0 Å². The fourth-order valence-corrected chi connectivity index (χ4v) is 2.62. The van der Waals surface area contributed by atoms with E-state index in [0.29, 0.717) is 19.1 Å². The quantitative estimate of drug-likeness (QED) is 0.782. The van der Waals surface area contributed by atoms with Crippen LogP contribution in [-0.4, -0.2) is 31.6 Å². The molecule has 1 amide bonds. The van der Waals surface area contributed by atoms with Crippen LogP contribution in [0, 0.1) is 0 Å². The lowest BCUT2D eigenvalue weighted by molar-refractivity contribution is -0.122. The van der Waals surface area contributed by atoms with Gasteiger partial charge in [0.15, 0.2) is 0 Å². The first-order valence-electron chi connectivity index (χ1n) is 7.12. The zero-order valence-electron chi connectivity index (χ0n) is 11.5. The molecule has 1 aliphatic heterocycles. The van der Waals surface area contributed by atoms with Gasteiger partial charge in [-0.25, -0.2) is 0 Å². The third-order valence-electron chi connectivity index (χ3n) is 3.32. The Morgan fingerprint density at radius 2 is 2.20 bits per heavy atom. The molecule has 0 spiro atoms. The fraction of sp³-hybridized carbons (Fsp3) is 0.533. The molecule has 20 heavy (non-hydrogen) atoms. The highest BCUT2D eigenvalue weighted by molar-refractivity contribution is 9.10. The summed E-state index contributed by atoms with van der Waals surface area (Å²) >= 11 is 3.40. The number of piperidine rings is 1. The average molecular weight is 341 g/mol. The largest absolute Gasteiger partial charge is 0.494 e. The molecule has 0 aliphatic carbocycles. The highest BCUT2D eigenvalue weighted by Crippen LogP contribution is 2.17. The first-order chi connectivity index (χ1) is 9.74. The van der Waals surface area contributed by atoms with Gasteiger partial charge in [0.1, 0.15) is 5.75 Å². The molecule has 5 heteroatoms. The Balaban J connectivity index is 1.59. The molecule has 1 aromatic carbocycles. The Labute approximate surface area is 128 Å². The van der Waals surface area contributed by atoms with Gasteiger partial charge >= 0.3 is 0 Å². The van der Waals surface area contributed by atoms with E-state index in [0.717, 1.165) is 42.6 Å². The molecule has 0 unspecified atom stereocenters. The Bertz CT molecular complexity index is 434. The molecule has 2 N–H and O–H groups in total. The standard InChI is InChI=1S/C15H21BrN2O2/c16-12-3-1-4-14(11-12)20-10-2-5-15(19)18-13-6-8-17-9-7-13/h1,3-4,11,13,17H,2,5-10H2,(H,18,19). The normalized spacial score (nSPS) is 15.8. The van der Waals surface area contributed by atoms with Gasteiger partial charge in [0.25, 0.3) is 0 Å². The molecule has 0 aromatic heterocycles. The molecule has 1 saturated heterocycles. The number of carbonyl (C=O) groups excluding carboxylic acids is 1. The van der Waals surface area contributed by atoms with E-state index in [-0.39, 0.29) is 5.91 Å². The zero-order chi connectivity index (χ0) is 14.2. The molecule has 0 saturated carbocycles. The summed E-state index contributed by atoms with van der Waals surface area (Å²) in [4.78, 5) is 11.8. The van der Waals surface area contributed by atoms with Crippen molar-refractivity contribution < 1.29 is 9.53 Å². The lowest BCUT2D eigenvalue weighted by atomic mass is 10.1. The fourth-order valence-electron chi connectivity index (χ4n) is 2.25. The number of hydrogen-bond donors (Lipinski definition) is 2. The molecule has 110 valence electrons. The van der Waals surface area contributed by atoms with E-state index < -0.39 is 0 Å². The first-order valence-corrected chi connectivity index (χ1v) is 7.92. The van der Waals surface area contributed by atoms with Crippen LogP contribution in [0.15, 0.2) is 28.7 Å². The minimum Gasteiger partial charge on any atom is -0.494 e. The Morgan fingerprint density at radius 3 is 2.95 bits per heavy atom. The van der Waals surface area contributed by atoms with Gasteiger partial charge in [-0.05, 0) is 50.6 Å². The Hall–Kier alpha value is -1.07. The number of halogens is 1. The van der Waals surface area contributed by atoms with E-state index in [1.54, 1.807) is 0 Å². The summed E-state index contributed by atoms with van der Waals surface area (Å²) in [5, 5.41) is 6.37. The summed E-state index contributed by atoms with van der Waals surface area (Å²) in [7, 11) is 0. The number of rotatable bonds is 6. The molecular formula is C15H21BrN2O2. The van der Waals surface area contributed by atoms with Crippen LogP contribution in [0.2, 0.25) is 0 Å². The minimum atomic E-state index is 0.134. The van der Waals surface area contributed by atoms with Crippen molar-refractivity contribution in [2.45, 2.75) is 31.7 Å². The van der Waals surface area contributed by atoms with Crippen molar-refractivity contribution in [2.75, 3.05) is 19.7 Å². The monoisotopic (exact) mass is 340 g/mol. The molecule has 4 nitrogen and oxygen atoms in total. The van der Waals surface area contributed by atoms with E-state index in [4.69, 9.17) is 4.74 Å². The van der Waals surface area contributed by atoms with Crippen molar-refractivity contribution in [2.24, 2.45) is 0 Å². The van der Waals surface area contributed by atoms with Gasteiger partial charge in [0.05, 0.1) is 6.61 Å². The topological polar surface area (TPSA) is 50.4 Å². The highest BCUT2D eigenvalue weighted by atomic mass is 79.9. The summed E-state index contributed by atoms with van der Waals surface area (Å²) in [5.41, 5.74) is 0. The van der Waals surface area contributed by atoms with Crippen molar-refractivity contribution in [3.8, 4) is 5.75 Å². The molecule has 0 radical (unpaired) electrons. The number of amides is 1. The second kappa shape index (κ2) is 8.27. The van der Waals surface area contributed by atoms with Gasteiger partial charge in [0, 0.05) is 16.9 Å². The summed E-state index contributed by atoms with van der Waals surface area (Å²) in [6, 6.07) is 8.08. The zero-order valence-corrected chi connectivity index (χ0v) is 13.1. The molecule has 1 aliphatic rings. The maximum absolute atomic E-state index is 11.8. The van der Waals surface area contributed by atoms with E-state index in [2.05, 4.69) is 26.6 Å². The molecule has 1 fully saturated rings. The van der Waals surface area contributed by atoms with Crippen molar-refractivity contribution in [1.29, 1.82) is 0 Å². The van der Waals surface area contributed by atoms with Crippen molar-refractivity contribution in [3.05, 3.63) is 28.7 Å². The lowest BCUT2D eigenvalue weighted by Crippen LogP contribution is -2.42. The number of hydrogen-bond acceptors (Lipinski definition) is 3. The van der Waals surface area contributed by atoms with Gasteiger partial charge in [0.2, 0.25) is 5.91 Å². The van der Waals surface area contributed by atoms with Crippen LogP contribution in [0.4, 0.5) is 0 Å². The Kier molecular flexibility index (Phi) is 6.33. The maximum Gasteiger partial charge on any atom is 0.220 e. The molecular weight excluding hydrogens is 320 g/mol. The first kappa shape index (κ1) is 15.3. The van der Waals surface area contributed by atoms with Gasteiger partial charge in [-0.1, -0.05) is 22.0 Å². The van der Waals surface area contributed by atoms with Crippen LogP contribution in [-0.2, 0) is 4.79 Å². The van der Waals surface area contributed by atoms with Crippen LogP contribution in [0.3, 0.4) is 0 Å². The summed E-state index contributed by atoms with van der Waals surface area (Å²) in [6.45, 7) is 2.56. The molecule has 2 rings (SSSR count). The third-order valence-corrected chi connectivity index (χ3v) is 3.81. The van der Waals surface area contributed by atoms with Crippen molar-refractivity contribution in [3.63, 3.8) is 0 Å². The van der Waals surface area contributed by atoms with Crippen molar-refractivity contribution >= 4 is 21.8 Å². The number of carbonyl (C=O) groups is 1. The second-order valence-electron chi connectivity index (χ2n) is 5.00. The summed E-state index contributed by atoms with van der Waals surface area (Å²) < 4.78 is 6.61. The van der Waals surface area contributed by atoms with Crippen LogP contribution in [0.1, 0.15) is 25.7 Å². The predicted molar refractivity (Wildman–Crippen MR) is 82.9 cm³/mol. The molecule has 0 atom stereocenters. The number of ether oxygens (including phenoxy) is 1. The van der Waals surface area contributed by atoms with Crippen LogP contribution in [0.25, 0.3) is 0 Å². The molecule has 1 heterocycles. The molecule has 0 bridgehead atoms. The van der Waals surface area contributed by atoms with Crippen molar-refractivity contribution in [1.82, 2.24) is 10.6 Å². The van der Waals surface area contributed by atoms with Gasteiger partial charge in [-0.2, -0.15) is 0 Å². The van der Waals surface area contributed by atoms with Gasteiger partial charge < -0.3 is 15.4 Å². The predicted octanol–water partition coefficient (Wildman–Crippen LogP) is 2.48. The Morgan fingerprint density at radius 1 is 1.40 bits per heavy atom. The van der Waals surface area contributed by atoms with E-state index in [1.807, 2.05) is 24.3 Å². The van der Waals surface area contributed by atoms with Crippen LogP contribution < -0.4 is 15.4 Å². The van der Waals surface area contributed by atoms with E-state index in [1.165, 1.54) is 0 Å². The average Bonchev–Trinajstić information content (AvgIpc) is 2.45. The smallest absolute Gasteiger partial charge is 0.220 e.